The molecule has 0 heterocycles. The average molecular weight is 279 g/mol. The van der Waals surface area contributed by atoms with E-state index in [2.05, 4.69) is 68.4 Å². The summed E-state index contributed by atoms with van der Waals surface area (Å²) in [5.41, 5.74) is 5.26. The van der Waals surface area contributed by atoms with Crippen LogP contribution in [-0.2, 0) is 0 Å². The van der Waals surface area contributed by atoms with Crippen LogP contribution < -0.4 is 0 Å². The first-order valence-electron chi connectivity index (χ1n) is 5.57. The summed E-state index contributed by atoms with van der Waals surface area (Å²) >= 11 is 3.60. The Kier molecular flexibility index (Phi) is 4.55. The second-order valence-electron chi connectivity index (χ2n) is 4.44. The molecule has 0 aliphatic rings. The van der Waals surface area contributed by atoms with Crippen LogP contribution in [0.2, 0.25) is 0 Å². The van der Waals surface area contributed by atoms with Crippen LogP contribution in [0.5, 0.6) is 0 Å². The Morgan fingerprint density at radius 1 is 1.31 bits per heavy atom. The maximum atomic E-state index is 3.84. The first-order chi connectivity index (χ1) is 7.47. The number of benzene rings is 1. The molecule has 16 heavy (non-hydrogen) atoms. The standard InChI is InChI=1S/C15H19Br/c1-6-14(16)15(10(2)3)13-9-11(4)7-8-12(13)5/h6-10H,1H2,2-5H3/b15-14-. The Balaban J connectivity index is 3.44. The zero-order chi connectivity index (χ0) is 12.3. The lowest BCUT2D eigenvalue weighted by molar-refractivity contribution is 0.853. The average Bonchev–Trinajstić information content (AvgIpc) is 2.22. The van der Waals surface area contributed by atoms with E-state index in [4.69, 9.17) is 0 Å². The van der Waals surface area contributed by atoms with Crippen molar-refractivity contribution in [2.45, 2.75) is 27.7 Å². The van der Waals surface area contributed by atoms with E-state index in [0.717, 1.165) is 4.48 Å². The highest BCUT2D eigenvalue weighted by Crippen LogP contribution is 2.32. The lowest BCUT2D eigenvalue weighted by Gasteiger charge is -2.16. The monoisotopic (exact) mass is 278 g/mol. The van der Waals surface area contributed by atoms with Gasteiger partial charge < -0.3 is 0 Å². The predicted octanol–water partition coefficient (Wildman–Crippen LogP) is 5.25. The third-order valence-electron chi connectivity index (χ3n) is 2.70. The summed E-state index contributed by atoms with van der Waals surface area (Å²) in [4.78, 5) is 0. The number of hydrogen-bond donors (Lipinski definition) is 0. The third-order valence-corrected chi connectivity index (χ3v) is 3.45. The molecular weight excluding hydrogens is 260 g/mol. The van der Waals surface area contributed by atoms with Crippen molar-refractivity contribution in [1.82, 2.24) is 0 Å². The molecule has 0 aliphatic heterocycles. The van der Waals surface area contributed by atoms with Crippen LogP contribution in [0, 0.1) is 19.8 Å². The zero-order valence-electron chi connectivity index (χ0n) is 10.5. The molecule has 0 amide bonds. The molecule has 0 fully saturated rings. The van der Waals surface area contributed by atoms with Gasteiger partial charge in [-0.15, -0.1) is 0 Å². The van der Waals surface area contributed by atoms with Gasteiger partial charge in [0.25, 0.3) is 0 Å². The van der Waals surface area contributed by atoms with Crippen LogP contribution in [-0.4, -0.2) is 0 Å². The van der Waals surface area contributed by atoms with E-state index in [1.807, 2.05) is 6.08 Å². The van der Waals surface area contributed by atoms with Gasteiger partial charge in [-0.3, -0.25) is 0 Å². The molecule has 0 saturated carbocycles. The van der Waals surface area contributed by atoms with Crippen molar-refractivity contribution in [3.63, 3.8) is 0 Å². The molecule has 0 aromatic heterocycles. The molecule has 0 N–H and O–H groups in total. The Bertz CT molecular complexity index is 425. The molecule has 0 nitrogen and oxygen atoms in total. The summed E-state index contributed by atoms with van der Waals surface area (Å²) < 4.78 is 1.09. The van der Waals surface area contributed by atoms with Gasteiger partial charge in [-0.05, 0) is 36.5 Å². The van der Waals surface area contributed by atoms with Gasteiger partial charge in [0.05, 0.1) is 0 Å². The fourth-order valence-corrected chi connectivity index (χ4v) is 2.52. The Morgan fingerprint density at radius 3 is 2.44 bits per heavy atom. The van der Waals surface area contributed by atoms with Gasteiger partial charge in [0.1, 0.15) is 0 Å². The minimum absolute atomic E-state index is 0.480. The zero-order valence-corrected chi connectivity index (χ0v) is 12.1. The number of halogens is 1. The maximum Gasteiger partial charge on any atom is 0.0210 e. The third kappa shape index (κ3) is 2.85. The van der Waals surface area contributed by atoms with Crippen molar-refractivity contribution < 1.29 is 0 Å². The maximum absolute atomic E-state index is 3.84. The molecule has 0 spiro atoms. The summed E-state index contributed by atoms with van der Waals surface area (Å²) in [7, 11) is 0. The molecule has 0 bridgehead atoms. The number of aryl methyl sites for hydroxylation is 2. The quantitative estimate of drug-likeness (QED) is 0.663. The topological polar surface area (TPSA) is 0 Å². The van der Waals surface area contributed by atoms with Crippen LogP contribution in [0.25, 0.3) is 5.57 Å². The predicted molar refractivity (Wildman–Crippen MR) is 76.8 cm³/mol. The van der Waals surface area contributed by atoms with Crippen LogP contribution in [0.3, 0.4) is 0 Å². The normalized spacial score (nSPS) is 12.6. The Hall–Kier alpha value is -0.820. The first kappa shape index (κ1) is 13.2. The molecule has 0 atom stereocenters. The van der Waals surface area contributed by atoms with Gasteiger partial charge in [-0.2, -0.15) is 0 Å². The molecule has 0 unspecified atom stereocenters. The van der Waals surface area contributed by atoms with E-state index in [1.54, 1.807) is 0 Å². The minimum atomic E-state index is 0.480. The van der Waals surface area contributed by atoms with E-state index >= 15 is 0 Å². The minimum Gasteiger partial charge on any atom is -0.0979 e. The van der Waals surface area contributed by atoms with Crippen molar-refractivity contribution in [2.75, 3.05) is 0 Å². The van der Waals surface area contributed by atoms with Crippen molar-refractivity contribution >= 4 is 21.5 Å². The van der Waals surface area contributed by atoms with Gasteiger partial charge in [0.2, 0.25) is 0 Å². The van der Waals surface area contributed by atoms with Crippen LogP contribution in [0.15, 0.2) is 35.3 Å². The number of hydrogen-bond acceptors (Lipinski definition) is 0. The van der Waals surface area contributed by atoms with Gasteiger partial charge in [0.15, 0.2) is 0 Å². The van der Waals surface area contributed by atoms with Crippen molar-refractivity contribution in [3.05, 3.63) is 52.0 Å². The van der Waals surface area contributed by atoms with E-state index in [1.165, 1.54) is 22.3 Å². The lowest BCUT2D eigenvalue weighted by atomic mass is 9.90. The summed E-state index contributed by atoms with van der Waals surface area (Å²) in [6.07, 6.45) is 1.87. The number of allylic oxidation sites excluding steroid dienone is 3. The van der Waals surface area contributed by atoms with Crippen molar-refractivity contribution in [2.24, 2.45) is 5.92 Å². The van der Waals surface area contributed by atoms with Crippen molar-refractivity contribution in [3.8, 4) is 0 Å². The summed E-state index contributed by atoms with van der Waals surface area (Å²) in [5, 5.41) is 0. The second kappa shape index (κ2) is 5.49. The Morgan fingerprint density at radius 2 is 1.94 bits per heavy atom. The van der Waals surface area contributed by atoms with Gasteiger partial charge in [-0.25, -0.2) is 0 Å². The molecule has 1 aromatic rings. The molecule has 0 radical (unpaired) electrons. The lowest BCUT2D eigenvalue weighted by Crippen LogP contribution is -1.98. The first-order valence-corrected chi connectivity index (χ1v) is 6.36. The SMILES string of the molecule is C=C/C(Br)=C(/c1cc(C)ccc1C)C(C)C. The van der Waals surface area contributed by atoms with Gasteiger partial charge in [0, 0.05) is 4.48 Å². The summed E-state index contributed by atoms with van der Waals surface area (Å²) in [5.74, 6) is 0.480. The highest BCUT2D eigenvalue weighted by Gasteiger charge is 2.12. The molecule has 86 valence electrons. The molecule has 1 aromatic carbocycles. The molecule has 1 heteroatoms. The van der Waals surface area contributed by atoms with E-state index in [0.29, 0.717) is 5.92 Å². The van der Waals surface area contributed by atoms with Crippen LogP contribution >= 0.6 is 15.9 Å². The molecular formula is C15H19Br. The van der Waals surface area contributed by atoms with Crippen molar-refractivity contribution in [1.29, 1.82) is 0 Å². The summed E-state index contributed by atoms with van der Waals surface area (Å²) in [6.45, 7) is 12.5. The van der Waals surface area contributed by atoms with Crippen LogP contribution in [0.1, 0.15) is 30.5 Å². The van der Waals surface area contributed by atoms with Gasteiger partial charge >= 0.3 is 0 Å². The van der Waals surface area contributed by atoms with Gasteiger partial charge in [-0.1, -0.05) is 66.2 Å². The number of rotatable bonds is 3. The largest absolute Gasteiger partial charge is 0.0979 e. The Labute approximate surface area is 107 Å². The highest BCUT2D eigenvalue weighted by molar-refractivity contribution is 9.12. The smallest absolute Gasteiger partial charge is 0.0210 e. The summed E-state index contributed by atoms with van der Waals surface area (Å²) in [6, 6.07) is 6.57. The van der Waals surface area contributed by atoms with Crippen LogP contribution in [0.4, 0.5) is 0 Å². The van der Waals surface area contributed by atoms with E-state index in [-0.39, 0.29) is 0 Å². The molecule has 1 rings (SSSR count). The van der Waals surface area contributed by atoms with E-state index < -0.39 is 0 Å². The molecule has 0 saturated heterocycles. The fourth-order valence-electron chi connectivity index (χ4n) is 1.85. The fraction of sp³-hybridized carbons (Fsp3) is 0.333. The highest BCUT2D eigenvalue weighted by atomic mass is 79.9. The second-order valence-corrected chi connectivity index (χ2v) is 5.29. The molecule has 0 aliphatic carbocycles. The van der Waals surface area contributed by atoms with E-state index in [9.17, 15) is 0 Å².